The van der Waals surface area contributed by atoms with Crippen molar-refractivity contribution in [3.63, 3.8) is 0 Å². The summed E-state index contributed by atoms with van der Waals surface area (Å²) in [6, 6.07) is 8.90. The van der Waals surface area contributed by atoms with Crippen molar-refractivity contribution >= 4 is 29.3 Å². The lowest BCUT2D eigenvalue weighted by Gasteiger charge is -2.23. The van der Waals surface area contributed by atoms with Gasteiger partial charge in [-0.15, -0.1) is 0 Å². The van der Waals surface area contributed by atoms with Crippen molar-refractivity contribution < 1.29 is 18.8 Å². The third kappa shape index (κ3) is 3.00. The molecule has 0 unspecified atom stereocenters. The highest BCUT2D eigenvalue weighted by atomic mass is 35.5. The lowest BCUT2D eigenvalue weighted by Crippen LogP contribution is -2.33. The normalized spacial score (nSPS) is 15.9. The summed E-state index contributed by atoms with van der Waals surface area (Å²) in [5, 5.41) is 0.268. The number of rotatable bonds is 4. The van der Waals surface area contributed by atoms with E-state index in [4.69, 9.17) is 11.6 Å². The van der Waals surface area contributed by atoms with Crippen LogP contribution in [0.4, 0.5) is 4.39 Å². The second-order valence-electron chi connectivity index (χ2n) is 6.79. The molecule has 3 amide bonds. The zero-order valence-electron chi connectivity index (χ0n) is 14.5. The first kappa shape index (κ1) is 17.7. The highest BCUT2D eigenvalue weighted by molar-refractivity contribution is 6.31. The van der Waals surface area contributed by atoms with Crippen LogP contribution in [-0.2, 0) is 6.54 Å². The molecule has 138 valence electrons. The van der Waals surface area contributed by atoms with Crippen LogP contribution < -0.4 is 0 Å². The average Bonchev–Trinajstić information content (AvgIpc) is 3.47. The Kier molecular flexibility index (Phi) is 4.23. The molecule has 0 N–H and O–H groups in total. The third-order valence-electron chi connectivity index (χ3n) is 4.98. The van der Waals surface area contributed by atoms with Crippen LogP contribution in [0.25, 0.3) is 0 Å². The first-order valence-corrected chi connectivity index (χ1v) is 8.96. The lowest BCUT2D eigenvalue weighted by molar-refractivity contribution is 0.0691. The van der Waals surface area contributed by atoms with Crippen molar-refractivity contribution in [1.29, 1.82) is 0 Å². The largest absolute Gasteiger partial charge is 0.331 e. The number of halogens is 2. The Labute approximate surface area is 160 Å². The van der Waals surface area contributed by atoms with Gasteiger partial charge in [0.1, 0.15) is 5.82 Å². The van der Waals surface area contributed by atoms with Crippen LogP contribution in [0.15, 0.2) is 36.4 Å². The van der Waals surface area contributed by atoms with Crippen molar-refractivity contribution in [2.45, 2.75) is 25.4 Å². The van der Waals surface area contributed by atoms with Gasteiger partial charge in [-0.25, -0.2) is 4.39 Å². The van der Waals surface area contributed by atoms with E-state index in [1.807, 2.05) is 0 Å². The quantitative estimate of drug-likeness (QED) is 0.755. The monoisotopic (exact) mass is 386 g/mol. The fourth-order valence-electron chi connectivity index (χ4n) is 3.27. The molecule has 0 saturated heterocycles. The van der Waals surface area contributed by atoms with Crippen molar-refractivity contribution in [2.75, 3.05) is 7.05 Å². The molecule has 1 saturated carbocycles. The maximum Gasteiger partial charge on any atom is 0.261 e. The summed E-state index contributed by atoms with van der Waals surface area (Å²) < 4.78 is 14.2. The summed E-state index contributed by atoms with van der Waals surface area (Å²) in [7, 11) is 1.41. The fraction of sp³-hybridized carbons (Fsp3) is 0.250. The molecule has 4 rings (SSSR count). The molecule has 2 aromatic carbocycles. The van der Waals surface area contributed by atoms with Crippen LogP contribution in [0.3, 0.4) is 0 Å². The van der Waals surface area contributed by atoms with Crippen LogP contribution in [0.5, 0.6) is 0 Å². The predicted octanol–water partition coefficient (Wildman–Crippen LogP) is 3.51. The Morgan fingerprint density at radius 1 is 1.19 bits per heavy atom. The Morgan fingerprint density at radius 2 is 1.89 bits per heavy atom. The molecule has 0 aromatic heterocycles. The number of hydrogen-bond acceptors (Lipinski definition) is 3. The third-order valence-corrected chi connectivity index (χ3v) is 5.33. The van der Waals surface area contributed by atoms with Gasteiger partial charge in [-0.3, -0.25) is 19.3 Å². The summed E-state index contributed by atoms with van der Waals surface area (Å²) in [4.78, 5) is 39.9. The predicted molar refractivity (Wildman–Crippen MR) is 97.2 cm³/mol. The summed E-state index contributed by atoms with van der Waals surface area (Å²) >= 11 is 6.11. The van der Waals surface area contributed by atoms with E-state index in [2.05, 4.69) is 0 Å². The van der Waals surface area contributed by atoms with Crippen LogP contribution >= 0.6 is 11.6 Å². The zero-order valence-corrected chi connectivity index (χ0v) is 15.3. The van der Waals surface area contributed by atoms with Gasteiger partial charge in [0.05, 0.1) is 17.7 Å². The first-order chi connectivity index (χ1) is 12.9. The maximum absolute atomic E-state index is 14.2. The van der Waals surface area contributed by atoms with Crippen molar-refractivity contribution in [2.24, 2.45) is 0 Å². The molecule has 2 aliphatic rings. The molecule has 5 nitrogen and oxygen atoms in total. The number of nitrogens with zero attached hydrogens (tertiary/aromatic N) is 2. The average molecular weight is 387 g/mol. The van der Waals surface area contributed by atoms with Crippen molar-refractivity contribution in [3.05, 3.63) is 69.5 Å². The number of hydrogen-bond donors (Lipinski definition) is 0. The van der Waals surface area contributed by atoms with Gasteiger partial charge in [0.15, 0.2) is 0 Å². The lowest BCUT2D eigenvalue weighted by atomic mass is 10.0. The number of carbonyl (C=O) groups excluding carboxylic acids is 3. The van der Waals surface area contributed by atoms with Gasteiger partial charge < -0.3 is 4.90 Å². The summed E-state index contributed by atoms with van der Waals surface area (Å²) in [5.74, 6) is -1.59. The number of imide groups is 1. The molecule has 7 heteroatoms. The first-order valence-electron chi connectivity index (χ1n) is 8.58. The molecule has 0 radical (unpaired) electrons. The molecule has 1 aliphatic heterocycles. The van der Waals surface area contributed by atoms with Gasteiger partial charge in [-0.2, -0.15) is 0 Å². The van der Waals surface area contributed by atoms with Gasteiger partial charge in [-0.1, -0.05) is 17.7 Å². The maximum atomic E-state index is 14.2. The van der Waals surface area contributed by atoms with E-state index < -0.39 is 11.7 Å². The molecule has 0 atom stereocenters. The molecular formula is C20H16ClFN2O3. The van der Waals surface area contributed by atoms with E-state index >= 15 is 0 Å². The van der Waals surface area contributed by atoms with E-state index in [0.717, 1.165) is 17.7 Å². The molecule has 1 heterocycles. The number of amides is 3. The molecule has 0 spiro atoms. The van der Waals surface area contributed by atoms with Crippen LogP contribution in [0.1, 0.15) is 49.5 Å². The minimum atomic E-state index is -0.461. The minimum Gasteiger partial charge on any atom is -0.331 e. The minimum absolute atomic E-state index is 0.0152. The van der Waals surface area contributed by atoms with E-state index in [-0.39, 0.29) is 46.1 Å². The highest BCUT2D eigenvalue weighted by Crippen LogP contribution is 2.32. The smallest absolute Gasteiger partial charge is 0.261 e. The Bertz CT molecular complexity index is 967. The molecule has 1 fully saturated rings. The summed E-state index contributed by atoms with van der Waals surface area (Å²) in [6.07, 6.45) is 1.67. The number of fused-ring (bicyclic) bond motifs is 1. The van der Waals surface area contributed by atoms with E-state index in [0.29, 0.717) is 5.56 Å². The Balaban J connectivity index is 1.66. The van der Waals surface area contributed by atoms with Crippen LogP contribution in [0, 0.1) is 5.82 Å². The van der Waals surface area contributed by atoms with Gasteiger partial charge in [0.2, 0.25) is 0 Å². The van der Waals surface area contributed by atoms with E-state index in [1.165, 1.54) is 37.4 Å². The van der Waals surface area contributed by atoms with Crippen molar-refractivity contribution in [3.8, 4) is 0 Å². The van der Waals surface area contributed by atoms with Crippen LogP contribution in [-0.4, -0.2) is 40.6 Å². The number of carbonyl (C=O) groups is 3. The highest BCUT2D eigenvalue weighted by Gasteiger charge is 2.36. The van der Waals surface area contributed by atoms with Gasteiger partial charge in [-0.05, 0) is 43.2 Å². The SMILES string of the molecule is CN1C(=O)c2ccc(C(=O)N(Cc3c(F)cccc3Cl)C3CC3)cc2C1=O. The molecular weight excluding hydrogens is 371 g/mol. The van der Waals surface area contributed by atoms with Gasteiger partial charge >= 0.3 is 0 Å². The second-order valence-corrected chi connectivity index (χ2v) is 7.20. The second kappa shape index (κ2) is 6.46. The summed E-state index contributed by atoms with van der Waals surface area (Å²) in [5.41, 5.74) is 1.07. The summed E-state index contributed by atoms with van der Waals surface area (Å²) in [6.45, 7) is 0.0544. The van der Waals surface area contributed by atoms with Crippen LogP contribution in [0.2, 0.25) is 5.02 Å². The molecule has 2 aromatic rings. The standard InChI is InChI=1S/C20H16ClFN2O3/c1-23-19(26)13-8-5-11(9-14(13)20(23)27)18(25)24(12-6-7-12)10-15-16(21)3-2-4-17(15)22/h2-5,8-9,12H,6-7,10H2,1H3. The molecule has 27 heavy (non-hydrogen) atoms. The molecule has 0 bridgehead atoms. The topological polar surface area (TPSA) is 57.7 Å². The van der Waals surface area contributed by atoms with Gasteiger partial charge in [0, 0.05) is 29.2 Å². The van der Waals surface area contributed by atoms with E-state index in [9.17, 15) is 18.8 Å². The Hall–Kier alpha value is -2.73. The number of benzene rings is 2. The van der Waals surface area contributed by atoms with E-state index in [1.54, 1.807) is 11.0 Å². The Morgan fingerprint density at radius 3 is 2.56 bits per heavy atom. The zero-order chi connectivity index (χ0) is 19.3. The molecule has 1 aliphatic carbocycles. The van der Waals surface area contributed by atoms with Gasteiger partial charge in [0.25, 0.3) is 17.7 Å². The van der Waals surface area contributed by atoms with Crippen molar-refractivity contribution in [1.82, 2.24) is 9.80 Å². The fourth-order valence-corrected chi connectivity index (χ4v) is 3.49.